The first-order valence-electron chi connectivity index (χ1n) is 18.5. The lowest BCUT2D eigenvalue weighted by Gasteiger charge is -2.28. The first-order chi connectivity index (χ1) is 26.6. The summed E-state index contributed by atoms with van der Waals surface area (Å²) in [6.07, 6.45) is 2.96. The number of imidazole rings is 1. The van der Waals surface area contributed by atoms with E-state index in [2.05, 4.69) is 4.90 Å². The topological polar surface area (TPSA) is 100 Å². The fourth-order valence-electron chi connectivity index (χ4n) is 7.03. The molecule has 6 aromatic rings. The third-order valence-electron chi connectivity index (χ3n) is 9.66. The quantitative estimate of drug-likeness (QED) is 0.123. The third kappa shape index (κ3) is 8.46. The second-order valence-electron chi connectivity index (χ2n) is 14.7. The summed E-state index contributed by atoms with van der Waals surface area (Å²) in [5, 5.41) is 0. The van der Waals surface area contributed by atoms with Crippen molar-refractivity contribution in [3.8, 4) is 28.7 Å². The molecule has 4 aromatic carbocycles. The first-order valence-corrected chi connectivity index (χ1v) is 18.5. The molecule has 2 aromatic heterocycles. The second-order valence-corrected chi connectivity index (χ2v) is 14.7. The number of carbonyl (C=O) groups excluding carboxylic acids is 1. The highest BCUT2D eigenvalue weighted by atomic mass is 16.6. The molecule has 11 heteroatoms. The molecule has 3 heterocycles. The number of amides is 1. The Morgan fingerprint density at radius 1 is 0.782 bits per heavy atom. The number of anilines is 1. The van der Waals surface area contributed by atoms with Crippen LogP contribution in [0, 0.1) is 0 Å². The van der Waals surface area contributed by atoms with Crippen molar-refractivity contribution in [2.24, 2.45) is 0 Å². The molecule has 1 atom stereocenters. The number of rotatable bonds is 12. The van der Waals surface area contributed by atoms with Gasteiger partial charge in [0.15, 0.2) is 5.82 Å². The van der Waals surface area contributed by atoms with Gasteiger partial charge in [-0.1, -0.05) is 42.5 Å². The Kier molecular flexibility index (Phi) is 10.8. The van der Waals surface area contributed by atoms with E-state index in [0.29, 0.717) is 60.2 Å². The number of para-hydroxylation sites is 1. The number of ether oxygens (including phenoxy) is 4. The number of benzene rings is 4. The SMILES string of the molecule is COc1ccc(CN(Cc2ccc(OC)cc2)c2nccc3c2n(-c2ccc(Oc4ccccc4)cc2)c(=O)n3CC2CCCN2C(=O)OC(C)(C)C)cc1. The molecule has 0 N–H and O–H groups in total. The molecule has 11 nitrogen and oxygen atoms in total. The summed E-state index contributed by atoms with van der Waals surface area (Å²) in [5.41, 5.74) is 3.26. The van der Waals surface area contributed by atoms with E-state index in [9.17, 15) is 9.59 Å². The molecule has 1 aliphatic rings. The molecule has 0 radical (unpaired) electrons. The number of methoxy groups -OCH3 is 2. The van der Waals surface area contributed by atoms with Crippen LogP contribution in [0.4, 0.5) is 10.6 Å². The third-order valence-corrected chi connectivity index (χ3v) is 9.66. The number of pyridine rings is 1. The largest absolute Gasteiger partial charge is 0.497 e. The van der Waals surface area contributed by atoms with Crippen molar-refractivity contribution in [2.45, 2.75) is 64.9 Å². The molecule has 0 saturated carbocycles. The zero-order valence-electron chi connectivity index (χ0n) is 32.0. The van der Waals surface area contributed by atoms with Crippen LogP contribution >= 0.6 is 0 Å². The van der Waals surface area contributed by atoms with Gasteiger partial charge in [0.25, 0.3) is 0 Å². The lowest BCUT2D eigenvalue weighted by Crippen LogP contribution is -2.42. The van der Waals surface area contributed by atoms with Crippen LogP contribution in [-0.2, 0) is 24.4 Å². The van der Waals surface area contributed by atoms with Gasteiger partial charge in [-0.2, -0.15) is 0 Å². The van der Waals surface area contributed by atoms with Crippen LogP contribution in [0.25, 0.3) is 16.7 Å². The highest BCUT2D eigenvalue weighted by Crippen LogP contribution is 2.32. The van der Waals surface area contributed by atoms with Crippen LogP contribution in [0.1, 0.15) is 44.7 Å². The molecule has 1 fully saturated rings. The van der Waals surface area contributed by atoms with E-state index in [4.69, 9.17) is 23.9 Å². The van der Waals surface area contributed by atoms with Crippen LogP contribution in [0.5, 0.6) is 23.0 Å². The average molecular weight is 742 g/mol. The molecule has 1 aliphatic heterocycles. The van der Waals surface area contributed by atoms with Gasteiger partial charge in [-0.3, -0.25) is 9.13 Å². The maximum absolute atomic E-state index is 14.9. The smallest absolute Gasteiger partial charge is 0.410 e. The second kappa shape index (κ2) is 16.0. The van der Waals surface area contributed by atoms with Gasteiger partial charge >= 0.3 is 11.8 Å². The molecule has 0 aliphatic carbocycles. The lowest BCUT2D eigenvalue weighted by atomic mass is 10.1. The molecule has 7 rings (SSSR count). The monoisotopic (exact) mass is 741 g/mol. The number of nitrogens with zero attached hydrogens (tertiary/aromatic N) is 5. The normalized spacial score (nSPS) is 14.2. The van der Waals surface area contributed by atoms with Gasteiger partial charge in [0.1, 0.15) is 34.1 Å². The zero-order chi connectivity index (χ0) is 38.5. The van der Waals surface area contributed by atoms with Crippen LogP contribution < -0.4 is 24.8 Å². The molecule has 284 valence electrons. The average Bonchev–Trinajstić information content (AvgIpc) is 3.77. The van der Waals surface area contributed by atoms with Crippen LogP contribution in [0.15, 0.2) is 120 Å². The van der Waals surface area contributed by atoms with E-state index in [1.807, 2.05) is 130 Å². The van der Waals surface area contributed by atoms with Gasteiger partial charge in [-0.05, 0) is 111 Å². The minimum atomic E-state index is -0.634. The van der Waals surface area contributed by atoms with Crippen molar-refractivity contribution in [1.82, 2.24) is 19.0 Å². The van der Waals surface area contributed by atoms with Gasteiger partial charge in [0.05, 0.1) is 31.5 Å². The summed E-state index contributed by atoms with van der Waals surface area (Å²) in [4.78, 5) is 37.1. The number of carbonyl (C=O) groups is 1. The Bertz CT molecular complexity index is 2230. The lowest BCUT2D eigenvalue weighted by molar-refractivity contribution is 0.0214. The van der Waals surface area contributed by atoms with Gasteiger partial charge < -0.3 is 28.7 Å². The number of likely N-dealkylation sites (tertiary alicyclic amines) is 1. The van der Waals surface area contributed by atoms with E-state index in [-0.39, 0.29) is 17.8 Å². The van der Waals surface area contributed by atoms with E-state index >= 15 is 0 Å². The Hall–Kier alpha value is -6.23. The summed E-state index contributed by atoms with van der Waals surface area (Å²) in [6, 6.07) is 34.7. The summed E-state index contributed by atoms with van der Waals surface area (Å²) >= 11 is 0. The minimum absolute atomic E-state index is 0.223. The van der Waals surface area contributed by atoms with Crippen LogP contribution in [-0.4, -0.2) is 57.5 Å². The molecule has 0 spiro atoms. The highest BCUT2D eigenvalue weighted by Gasteiger charge is 2.34. The van der Waals surface area contributed by atoms with Gasteiger partial charge in [0, 0.05) is 32.4 Å². The Labute approximate surface area is 321 Å². The van der Waals surface area contributed by atoms with E-state index in [0.717, 1.165) is 35.5 Å². The molecule has 55 heavy (non-hydrogen) atoms. The fourth-order valence-corrected chi connectivity index (χ4v) is 7.03. The van der Waals surface area contributed by atoms with E-state index in [1.165, 1.54) is 0 Å². The predicted octanol–water partition coefficient (Wildman–Crippen LogP) is 8.60. The van der Waals surface area contributed by atoms with Crippen molar-refractivity contribution in [1.29, 1.82) is 0 Å². The molecule has 0 bridgehead atoms. The number of fused-ring (bicyclic) bond motifs is 1. The Balaban J connectivity index is 1.35. The summed E-state index contributed by atoms with van der Waals surface area (Å²) < 4.78 is 26.3. The Morgan fingerprint density at radius 3 is 1.95 bits per heavy atom. The van der Waals surface area contributed by atoms with Crippen molar-refractivity contribution in [3.63, 3.8) is 0 Å². The predicted molar refractivity (Wildman–Crippen MR) is 214 cm³/mol. The van der Waals surface area contributed by atoms with Crippen molar-refractivity contribution in [2.75, 3.05) is 25.7 Å². The van der Waals surface area contributed by atoms with Gasteiger partial charge in [-0.25, -0.2) is 14.6 Å². The number of aromatic nitrogens is 3. The number of hydrogen-bond donors (Lipinski definition) is 0. The minimum Gasteiger partial charge on any atom is -0.497 e. The molecule has 1 unspecified atom stereocenters. The van der Waals surface area contributed by atoms with Gasteiger partial charge in [0.2, 0.25) is 0 Å². The maximum atomic E-state index is 14.9. The van der Waals surface area contributed by atoms with Crippen LogP contribution in [0.2, 0.25) is 0 Å². The maximum Gasteiger partial charge on any atom is 0.410 e. The molecule has 1 amide bonds. The van der Waals surface area contributed by atoms with E-state index in [1.54, 1.807) is 34.5 Å². The summed E-state index contributed by atoms with van der Waals surface area (Å²) in [7, 11) is 3.30. The van der Waals surface area contributed by atoms with Crippen molar-refractivity contribution < 1.29 is 23.7 Å². The van der Waals surface area contributed by atoms with E-state index < -0.39 is 5.60 Å². The molecule has 1 saturated heterocycles. The van der Waals surface area contributed by atoms with Crippen molar-refractivity contribution >= 4 is 22.9 Å². The summed E-state index contributed by atoms with van der Waals surface area (Å²) in [6.45, 7) is 7.46. The van der Waals surface area contributed by atoms with Gasteiger partial charge in [-0.15, -0.1) is 0 Å². The molecular formula is C44H47N5O6. The number of hydrogen-bond acceptors (Lipinski definition) is 8. The zero-order valence-corrected chi connectivity index (χ0v) is 32.0. The highest BCUT2D eigenvalue weighted by molar-refractivity contribution is 5.89. The first kappa shape index (κ1) is 37.1. The van der Waals surface area contributed by atoms with Crippen molar-refractivity contribution in [3.05, 3.63) is 137 Å². The Morgan fingerprint density at radius 2 is 1.36 bits per heavy atom. The van der Waals surface area contributed by atoms with Crippen LogP contribution in [0.3, 0.4) is 0 Å². The summed E-state index contributed by atoms with van der Waals surface area (Å²) in [5.74, 6) is 3.53. The standard InChI is InChI=1S/C44H47N5O6/c1-44(2,3)55-43(51)47-27-9-10-34(47)30-48-39-25-26-45-41(40(39)49(42(48)50)33-17-23-38(24-18-33)54-37-11-7-6-8-12-37)46(28-31-13-19-35(52-4)20-14-31)29-32-15-21-36(53-5)22-16-32/h6-8,11-26,34H,9-10,27-30H2,1-5H3. The fraction of sp³-hybridized carbons (Fsp3) is 0.295. The molecular weight excluding hydrogens is 695 g/mol.